The first kappa shape index (κ1) is 11.6. The molecular formula is C13H23N3. The van der Waals surface area contributed by atoms with Crippen LogP contribution >= 0.6 is 0 Å². The molecule has 1 heterocycles. The minimum Gasteiger partial charge on any atom is -0.330 e. The number of nitrogens with two attached hydrogens (primary N) is 1. The lowest BCUT2D eigenvalue weighted by Crippen LogP contribution is -2.29. The maximum Gasteiger partial charge on any atom is 0.0658 e. The molecule has 1 aromatic rings. The fraction of sp³-hybridized carbons (Fsp3) is 0.769. The van der Waals surface area contributed by atoms with E-state index in [4.69, 9.17) is 5.73 Å². The second-order valence-electron chi connectivity index (χ2n) is 5.10. The quantitative estimate of drug-likeness (QED) is 0.851. The van der Waals surface area contributed by atoms with Crippen molar-refractivity contribution in [1.82, 2.24) is 9.78 Å². The summed E-state index contributed by atoms with van der Waals surface area (Å²) in [6.07, 6.45) is 7.23. The van der Waals surface area contributed by atoms with Crippen LogP contribution in [0.4, 0.5) is 0 Å². The number of aromatic nitrogens is 2. The largest absolute Gasteiger partial charge is 0.330 e. The third kappa shape index (κ3) is 2.29. The van der Waals surface area contributed by atoms with Crippen molar-refractivity contribution in [2.24, 2.45) is 24.6 Å². The Hall–Kier alpha value is -0.830. The number of nitrogens with zero attached hydrogens (tertiary/aromatic N) is 2. The lowest BCUT2D eigenvalue weighted by molar-refractivity contribution is 0.232. The van der Waals surface area contributed by atoms with E-state index in [1.165, 1.54) is 31.4 Å². The van der Waals surface area contributed by atoms with Crippen LogP contribution in [0.2, 0.25) is 0 Å². The van der Waals surface area contributed by atoms with Crippen LogP contribution in [0, 0.1) is 11.8 Å². The molecule has 1 aliphatic rings. The standard InChI is InChI=1S/C13H23N3/c1-3-10-4-5-11(9-14)12(8-10)13-6-7-16(2)15-13/h6-7,10-12H,3-5,8-9,14H2,1-2H3. The molecule has 2 rings (SSSR count). The van der Waals surface area contributed by atoms with Crippen LogP contribution < -0.4 is 5.73 Å². The van der Waals surface area contributed by atoms with Crippen LogP contribution in [0.5, 0.6) is 0 Å². The van der Waals surface area contributed by atoms with Crippen LogP contribution in [0.25, 0.3) is 0 Å². The normalized spacial score (nSPS) is 30.6. The van der Waals surface area contributed by atoms with Gasteiger partial charge in [-0.2, -0.15) is 5.10 Å². The van der Waals surface area contributed by atoms with Crippen LogP contribution in [0.3, 0.4) is 0 Å². The molecule has 0 spiro atoms. The highest BCUT2D eigenvalue weighted by atomic mass is 15.2. The zero-order chi connectivity index (χ0) is 11.5. The second kappa shape index (κ2) is 5.00. The Bertz CT molecular complexity index is 332. The molecule has 90 valence electrons. The van der Waals surface area contributed by atoms with Crippen LogP contribution in [0.15, 0.2) is 12.3 Å². The van der Waals surface area contributed by atoms with Gasteiger partial charge in [-0.25, -0.2) is 0 Å². The van der Waals surface area contributed by atoms with Gasteiger partial charge in [-0.15, -0.1) is 0 Å². The van der Waals surface area contributed by atoms with Gasteiger partial charge in [0, 0.05) is 19.2 Å². The van der Waals surface area contributed by atoms with E-state index in [0.29, 0.717) is 11.8 Å². The van der Waals surface area contributed by atoms with E-state index in [1.807, 2.05) is 17.9 Å². The predicted molar refractivity (Wildman–Crippen MR) is 66.1 cm³/mol. The van der Waals surface area contributed by atoms with Crippen molar-refractivity contribution in [3.05, 3.63) is 18.0 Å². The van der Waals surface area contributed by atoms with Gasteiger partial charge in [0.05, 0.1) is 5.69 Å². The Morgan fingerprint density at radius 2 is 2.31 bits per heavy atom. The molecule has 2 N–H and O–H groups in total. The van der Waals surface area contributed by atoms with E-state index in [9.17, 15) is 0 Å². The highest BCUT2D eigenvalue weighted by Gasteiger charge is 2.31. The van der Waals surface area contributed by atoms with Gasteiger partial charge < -0.3 is 5.73 Å². The molecule has 1 aliphatic carbocycles. The second-order valence-corrected chi connectivity index (χ2v) is 5.10. The van der Waals surface area contributed by atoms with Crippen molar-refractivity contribution in [2.75, 3.05) is 6.54 Å². The average Bonchev–Trinajstić information content (AvgIpc) is 2.75. The molecule has 3 unspecified atom stereocenters. The Balaban J connectivity index is 2.14. The minimum atomic E-state index is 0.588. The molecule has 0 amide bonds. The van der Waals surface area contributed by atoms with Gasteiger partial charge >= 0.3 is 0 Å². The van der Waals surface area contributed by atoms with Crippen LogP contribution in [-0.4, -0.2) is 16.3 Å². The Morgan fingerprint density at radius 3 is 2.88 bits per heavy atom. The molecule has 0 aromatic carbocycles. The van der Waals surface area contributed by atoms with E-state index in [1.54, 1.807) is 0 Å². The highest BCUT2D eigenvalue weighted by Crippen LogP contribution is 2.40. The topological polar surface area (TPSA) is 43.8 Å². The maximum absolute atomic E-state index is 5.89. The first-order valence-electron chi connectivity index (χ1n) is 6.44. The molecule has 1 saturated carbocycles. The van der Waals surface area contributed by atoms with E-state index < -0.39 is 0 Å². The van der Waals surface area contributed by atoms with E-state index in [-0.39, 0.29) is 0 Å². The maximum atomic E-state index is 5.89. The van der Waals surface area contributed by atoms with E-state index in [2.05, 4.69) is 18.1 Å². The van der Waals surface area contributed by atoms with E-state index in [0.717, 1.165) is 12.5 Å². The van der Waals surface area contributed by atoms with Gasteiger partial charge in [0.15, 0.2) is 0 Å². The Labute approximate surface area is 98.0 Å². The third-order valence-electron chi connectivity index (χ3n) is 4.10. The zero-order valence-corrected chi connectivity index (χ0v) is 10.4. The van der Waals surface area contributed by atoms with Crippen molar-refractivity contribution in [3.8, 4) is 0 Å². The van der Waals surface area contributed by atoms with Crippen molar-refractivity contribution in [3.63, 3.8) is 0 Å². The number of rotatable bonds is 3. The first-order chi connectivity index (χ1) is 7.74. The summed E-state index contributed by atoms with van der Waals surface area (Å²) in [6.45, 7) is 3.10. The predicted octanol–water partition coefficient (Wildman–Crippen LogP) is 2.29. The monoisotopic (exact) mass is 221 g/mol. The molecule has 3 nitrogen and oxygen atoms in total. The molecule has 3 atom stereocenters. The van der Waals surface area contributed by atoms with Crippen molar-refractivity contribution in [2.45, 2.75) is 38.5 Å². The number of hydrogen-bond donors (Lipinski definition) is 1. The molecule has 1 aromatic heterocycles. The summed E-state index contributed by atoms with van der Waals surface area (Å²) >= 11 is 0. The van der Waals surface area contributed by atoms with Crippen molar-refractivity contribution >= 4 is 0 Å². The number of hydrogen-bond acceptors (Lipinski definition) is 2. The van der Waals surface area contributed by atoms with Gasteiger partial charge in [-0.05, 0) is 37.3 Å². The smallest absolute Gasteiger partial charge is 0.0658 e. The molecule has 3 heteroatoms. The van der Waals surface area contributed by atoms with Gasteiger partial charge in [-0.3, -0.25) is 4.68 Å². The summed E-state index contributed by atoms with van der Waals surface area (Å²) < 4.78 is 1.90. The summed E-state index contributed by atoms with van der Waals surface area (Å²) in [5.41, 5.74) is 7.14. The van der Waals surface area contributed by atoms with E-state index >= 15 is 0 Å². The van der Waals surface area contributed by atoms with Crippen molar-refractivity contribution in [1.29, 1.82) is 0 Å². The number of aryl methyl sites for hydroxylation is 1. The van der Waals surface area contributed by atoms with Crippen molar-refractivity contribution < 1.29 is 0 Å². The Morgan fingerprint density at radius 1 is 1.50 bits per heavy atom. The van der Waals surface area contributed by atoms with Gasteiger partial charge in [0.25, 0.3) is 0 Å². The molecule has 0 radical (unpaired) electrons. The fourth-order valence-corrected chi connectivity index (χ4v) is 2.97. The third-order valence-corrected chi connectivity index (χ3v) is 4.10. The fourth-order valence-electron chi connectivity index (χ4n) is 2.97. The molecule has 0 saturated heterocycles. The molecular weight excluding hydrogens is 198 g/mol. The highest BCUT2D eigenvalue weighted by molar-refractivity contribution is 5.10. The molecule has 0 aliphatic heterocycles. The lowest BCUT2D eigenvalue weighted by atomic mass is 9.72. The SMILES string of the molecule is CCC1CCC(CN)C(c2ccn(C)n2)C1. The van der Waals surface area contributed by atoms with Gasteiger partial charge in [0.2, 0.25) is 0 Å². The Kier molecular flexibility index (Phi) is 3.64. The average molecular weight is 221 g/mol. The first-order valence-corrected chi connectivity index (χ1v) is 6.44. The molecule has 1 fully saturated rings. The molecule has 0 bridgehead atoms. The summed E-state index contributed by atoms with van der Waals surface area (Å²) in [7, 11) is 1.99. The van der Waals surface area contributed by atoms with Crippen LogP contribution in [-0.2, 0) is 7.05 Å². The minimum absolute atomic E-state index is 0.588. The van der Waals surface area contributed by atoms with Gasteiger partial charge in [-0.1, -0.05) is 19.8 Å². The summed E-state index contributed by atoms with van der Waals surface area (Å²) in [6, 6.07) is 2.16. The van der Waals surface area contributed by atoms with Gasteiger partial charge in [0.1, 0.15) is 0 Å². The summed E-state index contributed by atoms with van der Waals surface area (Å²) in [5.74, 6) is 2.09. The summed E-state index contributed by atoms with van der Waals surface area (Å²) in [5, 5.41) is 4.56. The summed E-state index contributed by atoms with van der Waals surface area (Å²) in [4.78, 5) is 0. The zero-order valence-electron chi connectivity index (χ0n) is 10.4. The van der Waals surface area contributed by atoms with Crippen LogP contribution in [0.1, 0.15) is 44.2 Å². The lowest BCUT2D eigenvalue weighted by Gasteiger charge is -2.34. The molecule has 16 heavy (non-hydrogen) atoms.